The van der Waals surface area contributed by atoms with Gasteiger partial charge in [-0.15, -0.1) is 0 Å². The largest absolute Gasteiger partial charge is 0.507 e. The summed E-state index contributed by atoms with van der Waals surface area (Å²) in [4.78, 5) is 17.6. The first-order valence-corrected chi connectivity index (χ1v) is 12.2. The summed E-state index contributed by atoms with van der Waals surface area (Å²) >= 11 is 0. The summed E-state index contributed by atoms with van der Waals surface area (Å²) in [5, 5.41) is 10.7. The molecule has 1 saturated heterocycles. The molecule has 0 amide bonds. The monoisotopic (exact) mass is 520 g/mol. The van der Waals surface area contributed by atoms with E-state index in [1.807, 2.05) is 0 Å². The number of nitrogens with zero attached hydrogens (tertiary/aromatic N) is 2. The van der Waals surface area contributed by atoms with Crippen LogP contribution in [0.3, 0.4) is 0 Å². The zero-order valence-corrected chi connectivity index (χ0v) is 21.5. The van der Waals surface area contributed by atoms with Crippen LogP contribution in [0.5, 0.6) is 28.7 Å². The fourth-order valence-electron chi connectivity index (χ4n) is 4.80. The van der Waals surface area contributed by atoms with Crippen LogP contribution in [0.25, 0.3) is 6.08 Å². The Kier molecular flexibility index (Phi) is 7.11. The molecule has 0 atom stereocenters. The Labute approximate surface area is 220 Å². The zero-order valence-electron chi connectivity index (χ0n) is 21.5. The summed E-state index contributed by atoms with van der Waals surface area (Å²) in [6, 6.07) is 13.0. The lowest BCUT2D eigenvalue weighted by atomic mass is 10.0. The third-order valence-corrected chi connectivity index (χ3v) is 6.88. The lowest BCUT2D eigenvalue weighted by Gasteiger charge is -2.36. The molecule has 0 aromatic heterocycles. The van der Waals surface area contributed by atoms with E-state index in [1.54, 1.807) is 36.4 Å². The number of phenols is 1. The Hall–Kier alpha value is -4.24. The second-order valence-corrected chi connectivity index (χ2v) is 9.07. The molecule has 1 N–H and O–H groups in total. The molecule has 3 aromatic rings. The van der Waals surface area contributed by atoms with Gasteiger partial charge in [-0.3, -0.25) is 9.69 Å². The molecule has 8 nitrogen and oxygen atoms in total. The molecule has 0 unspecified atom stereocenters. The van der Waals surface area contributed by atoms with Crippen molar-refractivity contribution in [3.05, 3.63) is 76.8 Å². The molecule has 2 aliphatic rings. The number of aromatic hydroxyl groups is 1. The third-order valence-electron chi connectivity index (χ3n) is 6.88. The van der Waals surface area contributed by atoms with Gasteiger partial charge >= 0.3 is 0 Å². The number of ketones is 1. The second kappa shape index (κ2) is 10.6. The van der Waals surface area contributed by atoms with Crippen molar-refractivity contribution in [2.24, 2.45) is 0 Å². The van der Waals surface area contributed by atoms with Crippen LogP contribution in [0.4, 0.5) is 10.1 Å². The van der Waals surface area contributed by atoms with E-state index in [1.165, 1.54) is 39.5 Å². The fourth-order valence-corrected chi connectivity index (χ4v) is 4.80. The van der Waals surface area contributed by atoms with Crippen LogP contribution in [0, 0.1) is 5.82 Å². The molecular weight excluding hydrogens is 491 g/mol. The molecule has 0 saturated carbocycles. The van der Waals surface area contributed by atoms with E-state index in [9.17, 15) is 14.3 Å². The van der Waals surface area contributed by atoms with Gasteiger partial charge in [0.25, 0.3) is 0 Å². The quantitative estimate of drug-likeness (QED) is 0.457. The van der Waals surface area contributed by atoms with Crippen LogP contribution in [0.1, 0.15) is 21.5 Å². The molecule has 0 aliphatic carbocycles. The number of carbonyl (C=O) groups excluding carboxylic acids is 1. The molecule has 1 fully saturated rings. The van der Waals surface area contributed by atoms with E-state index < -0.39 is 0 Å². The maximum absolute atomic E-state index is 13.3. The fraction of sp³-hybridized carbons (Fsp3) is 0.276. The maximum Gasteiger partial charge on any atom is 0.231 e. The van der Waals surface area contributed by atoms with E-state index in [4.69, 9.17) is 18.9 Å². The molecule has 0 radical (unpaired) electrons. The van der Waals surface area contributed by atoms with Gasteiger partial charge in [0.05, 0.1) is 32.5 Å². The predicted molar refractivity (Wildman–Crippen MR) is 141 cm³/mol. The normalized spacial score (nSPS) is 16.4. The highest BCUT2D eigenvalue weighted by molar-refractivity contribution is 6.15. The van der Waals surface area contributed by atoms with E-state index in [-0.39, 0.29) is 23.1 Å². The van der Waals surface area contributed by atoms with Gasteiger partial charge in [-0.05, 0) is 48.5 Å². The Balaban J connectivity index is 1.36. The van der Waals surface area contributed by atoms with Gasteiger partial charge in [0, 0.05) is 50.0 Å². The van der Waals surface area contributed by atoms with Crippen LogP contribution in [-0.4, -0.2) is 63.3 Å². The average Bonchev–Trinajstić information content (AvgIpc) is 3.25. The van der Waals surface area contributed by atoms with Crippen LogP contribution >= 0.6 is 0 Å². The minimum absolute atomic E-state index is 0.0717. The maximum atomic E-state index is 13.3. The van der Waals surface area contributed by atoms with Gasteiger partial charge in [0.15, 0.2) is 17.3 Å². The molecule has 5 rings (SSSR count). The minimum Gasteiger partial charge on any atom is -0.507 e. The van der Waals surface area contributed by atoms with Gasteiger partial charge in [-0.1, -0.05) is 0 Å². The lowest BCUT2D eigenvalue weighted by molar-refractivity contribution is 0.101. The molecule has 0 spiro atoms. The van der Waals surface area contributed by atoms with Crippen molar-refractivity contribution in [2.75, 3.05) is 52.4 Å². The molecule has 198 valence electrons. The Morgan fingerprint density at radius 2 is 1.58 bits per heavy atom. The first-order chi connectivity index (χ1) is 18.4. The first-order valence-electron chi connectivity index (χ1n) is 12.2. The number of piperazine rings is 1. The number of hydrogen-bond acceptors (Lipinski definition) is 8. The number of Topliss-reactive ketones (excluding diaryl/α,β-unsaturated/α-hetero) is 1. The highest BCUT2D eigenvalue weighted by Crippen LogP contribution is 2.42. The third kappa shape index (κ3) is 4.84. The van der Waals surface area contributed by atoms with Crippen molar-refractivity contribution in [3.63, 3.8) is 0 Å². The summed E-state index contributed by atoms with van der Waals surface area (Å²) < 4.78 is 35.6. The number of anilines is 1. The smallest absolute Gasteiger partial charge is 0.231 e. The highest BCUT2D eigenvalue weighted by atomic mass is 19.1. The first kappa shape index (κ1) is 25.4. The molecule has 0 bridgehead atoms. The second-order valence-electron chi connectivity index (χ2n) is 9.07. The average molecular weight is 521 g/mol. The van der Waals surface area contributed by atoms with Crippen molar-refractivity contribution < 1.29 is 33.2 Å². The number of allylic oxidation sites excluding steroid dienone is 1. The molecule has 38 heavy (non-hydrogen) atoms. The summed E-state index contributed by atoms with van der Waals surface area (Å²) in [5.41, 5.74) is 2.52. The summed E-state index contributed by atoms with van der Waals surface area (Å²) in [6.45, 7) is 3.41. The SMILES string of the molecule is COc1cc(OC)c(OC)cc1/C=C1\Oc2c(ccc(O)c2CN2CCN(c3ccc(F)cc3)CC2)C1=O. The molecule has 9 heteroatoms. The van der Waals surface area contributed by atoms with E-state index >= 15 is 0 Å². The predicted octanol–water partition coefficient (Wildman–Crippen LogP) is 4.50. The van der Waals surface area contributed by atoms with Crippen LogP contribution in [0.15, 0.2) is 54.3 Å². The van der Waals surface area contributed by atoms with Crippen molar-refractivity contribution in [1.82, 2.24) is 4.90 Å². The number of fused-ring (bicyclic) bond motifs is 1. The molecule has 2 heterocycles. The van der Waals surface area contributed by atoms with Gasteiger partial charge in [0.1, 0.15) is 23.1 Å². The van der Waals surface area contributed by atoms with E-state index in [2.05, 4.69) is 9.80 Å². The van der Waals surface area contributed by atoms with Crippen LogP contribution < -0.4 is 23.8 Å². The lowest BCUT2D eigenvalue weighted by Crippen LogP contribution is -2.46. The highest BCUT2D eigenvalue weighted by Gasteiger charge is 2.32. The number of methoxy groups -OCH3 is 3. The van der Waals surface area contributed by atoms with E-state index in [0.29, 0.717) is 46.2 Å². The van der Waals surface area contributed by atoms with Crippen molar-refractivity contribution >= 4 is 17.5 Å². The number of benzene rings is 3. The van der Waals surface area contributed by atoms with Gasteiger partial charge < -0.3 is 29.0 Å². The van der Waals surface area contributed by atoms with Crippen molar-refractivity contribution in [1.29, 1.82) is 0 Å². The Morgan fingerprint density at radius 3 is 2.24 bits per heavy atom. The van der Waals surface area contributed by atoms with Crippen LogP contribution in [0.2, 0.25) is 0 Å². The Bertz CT molecular complexity index is 1380. The summed E-state index contributed by atoms with van der Waals surface area (Å²) in [5.74, 6) is 1.50. The van der Waals surface area contributed by atoms with Crippen molar-refractivity contribution in [3.8, 4) is 28.7 Å². The van der Waals surface area contributed by atoms with Crippen molar-refractivity contribution in [2.45, 2.75) is 6.54 Å². The Morgan fingerprint density at radius 1 is 0.921 bits per heavy atom. The van der Waals surface area contributed by atoms with Gasteiger partial charge in [-0.25, -0.2) is 4.39 Å². The number of ether oxygens (including phenoxy) is 4. The van der Waals surface area contributed by atoms with Gasteiger partial charge in [0.2, 0.25) is 5.78 Å². The zero-order chi connectivity index (χ0) is 26.8. The van der Waals surface area contributed by atoms with E-state index in [0.717, 1.165) is 31.9 Å². The number of carbonyl (C=O) groups is 1. The number of halogens is 1. The molecular formula is C29H29FN2O6. The number of rotatable bonds is 7. The summed E-state index contributed by atoms with van der Waals surface area (Å²) in [7, 11) is 4.59. The number of phenolic OH excluding ortho intramolecular Hbond substituents is 1. The van der Waals surface area contributed by atoms with Gasteiger partial charge in [-0.2, -0.15) is 0 Å². The summed E-state index contributed by atoms with van der Waals surface area (Å²) in [6.07, 6.45) is 1.60. The molecule has 2 aliphatic heterocycles. The van der Waals surface area contributed by atoms with Crippen LogP contribution in [-0.2, 0) is 6.54 Å². The standard InChI is InChI=1S/C29H29FN2O6/c1-35-24-16-26(37-3)25(36-2)14-18(24)15-27-28(34)21-8-9-23(33)22(29(21)38-27)17-31-10-12-32(13-11-31)20-6-4-19(30)5-7-20/h4-9,14-16,33H,10-13,17H2,1-3H3/b27-15-. The molecule has 3 aromatic carbocycles. The topological polar surface area (TPSA) is 80.7 Å². The number of hydrogen-bond donors (Lipinski definition) is 1. The minimum atomic E-state index is -0.279.